The molecule has 1 amide bonds. The minimum Gasteiger partial charge on any atom is -0.365 e. The van der Waals surface area contributed by atoms with Gasteiger partial charge in [-0.05, 0) is 31.9 Å². The Labute approximate surface area is 102 Å². The number of carbonyl (C=O) groups is 1. The highest BCUT2D eigenvalue weighted by atomic mass is 35.5. The van der Waals surface area contributed by atoms with Gasteiger partial charge >= 0.3 is 0 Å². The molecule has 1 saturated heterocycles. The zero-order chi connectivity index (χ0) is 10.8. The van der Waals surface area contributed by atoms with Crippen molar-refractivity contribution >= 4 is 18.3 Å². The molecule has 1 fully saturated rings. The van der Waals surface area contributed by atoms with Gasteiger partial charge in [0.15, 0.2) is 0 Å². The lowest BCUT2D eigenvalue weighted by Crippen LogP contribution is -2.30. The molecular formula is C11H18ClN3O. The molecule has 16 heavy (non-hydrogen) atoms. The lowest BCUT2D eigenvalue weighted by Gasteiger charge is -2.15. The Hall–Kier alpha value is -1.00. The van der Waals surface area contributed by atoms with Crippen LogP contribution >= 0.6 is 12.4 Å². The van der Waals surface area contributed by atoms with E-state index >= 15 is 0 Å². The van der Waals surface area contributed by atoms with E-state index in [2.05, 4.69) is 4.98 Å². The fourth-order valence-electron chi connectivity index (χ4n) is 2.06. The van der Waals surface area contributed by atoms with Gasteiger partial charge in [-0.2, -0.15) is 0 Å². The van der Waals surface area contributed by atoms with Crippen molar-refractivity contribution in [3.05, 3.63) is 23.5 Å². The van der Waals surface area contributed by atoms with E-state index in [1.54, 1.807) is 6.20 Å². The predicted molar refractivity (Wildman–Crippen MR) is 65.8 cm³/mol. The normalized spacial score (nSPS) is 19.6. The van der Waals surface area contributed by atoms with Crippen LogP contribution in [0.15, 0.2) is 12.3 Å². The van der Waals surface area contributed by atoms with E-state index in [-0.39, 0.29) is 18.3 Å². The van der Waals surface area contributed by atoms with Crippen LogP contribution < -0.4 is 5.73 Å². The van der Waals surface area contributed by atoms with Crippen LogP contribution in [-0.2, 0) is 0 Å². The molecule has 0 aromatic carbocycles. The molecule has 0 aliphatic carbocycles. The van der Waals surface area contributed by atoms with Crippen LogP contribution in [0.25, 0.3) is 0 Å². The van der Waals surface area contributed by atoms with Gasteiger partial charge in [0.2, 0.25) is 0 Å². The topological polar surface area (TPSA) is 62.1 Å². The number of likely N-dealkylation sites (tertiary alicyclic amines) is 1. The second-order valence-corrected chi connectivity index (χ2v) is 4.16. The molecule has 4 nitrogen and oxygen atoms in total. The maximum atomic E-state index is 12.1. The SMILES string of the molecule is Cc1[nH]ccc1C(=O)N1CCC(CN)C1.Cl. The summed E-state index contributed by atoms with van der Waals surface area (Å²) in [6.07, 6.45) is 2.84. The molecule has 3 N–H and O–H groups in total. The van der Waals surface area contributed by atoms with E-state index in [1.807, 2.05) is 17.9 Å². The number of aromatic amines is 1. The summed E-state index contributed by atoms with van der Waals surface area (Å²) in [4.78, 5) is 17.0. The smallest absolute Gasteiger partial charge is 0.255 e. The van der Waals surface area contributed by atoms with E-state index in [4.69, 9.17) is 5.73 Å². The predicted octanol–water partition coefficient (Wildman–Crippen LogP) is 1.17. The molecule has 90 valence electrons. The Morgan fingerprint density at radius 2 is 2.44 bits per heavy atom. The molecule has 1 unspecified atom stereocenters. The zero-order valence-electron chi connectivity index (χ0n) is 9.40. The second-order valence-electron chi connectivity index (χ2n) is 4.16. The Morgan fingerprint density at radius 1 is 1.69 bits per heavy atom. The van der Waals surface area contributed by atoms with Gasteiger partial charge in [-0.15, -0.1) is 12.4 Å². The number of aryl methyl sites for hydroxylation is 1. The van der Waals surface area contributed by atoms with Crippen LogP contribution in [0.4, 0.5) is 0 Å². The highest BCUT2D eigenvalue weighted by molar-refractivity contribution is 5.95. The number of amides is 1. The maximum absolute atomic E-state index is 12.1. The van der Waals surface area contributed by atoms with E-state index in [0.717, 1.165) is 30.8 Å². The highest BCUT2D eigenvalue weighted by Gasteiger charge is 2.26. The minimum absolute atomic E-state index is 0. The molecule has 1 aliphatic rings. The molecule has 0 saturated carbocycles. The number of nitrogens with zero attached hydrogens (tertiary/aromatic N) is 1. The number of nitrogens with two attached hydrogens (primary N) is 1. The second kappa shape index (κ2) is 5.37. The van der Waals surface area contributed by atoms with Gasteiger partial charge in [-0.1, -0.05) is 0 Å². The first-order valence-corrected chi connectivity index (χ1v) is 5.35. The number of rotatable bonds is 2. The number of hydrogen-bond acceptors (Lipinski definition) is 2. The number of hydrogen-bond donors (Lipinski definition) is 2. The van der Waals surface area contributed by atoms with Gasteiger partial charge < -0.3 is 15.6 Å². The summed E-state index contributed by atoms with van der Waals surface area (Å²) >= 11 is 0. The van der Waals surface area contributed by atoms with Crippen molar-refractivity contribution in [1.82, 2.24) is 9.88 Å². The monoisotopic (exact) mass is 243 g/mol. The first-order chi connectivity index (χ1) is 7.22. The molecule has 1 aromatic heterocycles. The fraction of sp³-hybridized carbons (Fsp3) is 0.545. The zero-order valence-corrected chi connectivity index (χ0v) is 10.2. The van der Waals surface area contributed by atoms with Crippen LogP contribution in [0.3, 0.4) is 0 Å². The largest absolute Gasteiger partial charge is 0.365 e. The number of nitrogens with one attached hydrogen (secondary N) is 1. The van der Waals surface area contributed by atoms with Crippen molar-refractivity contribution in [2.75, 3.05) is 19.6 Å². The lowest BCUT2D eigenvalue weighted by molar-refractivity contribution is 0.0787. The third-order valence-electron chi connectivity index (χ3n) is 3.09. The molecule has 0 radical (unpaired) electrons. The number of aromatic nitrogens is 1. The quantitative estimate of drug-likeness (QED) is 0.819. The van der Waals surface area contributed by atoms with Crippen molar-refractivity contribution in [3.8, 4) is 0 Å². The van der Waals surface area contributed by atoms with Crippen LogP contribution in [0.1, 0.15) is 22.5 Å². The third kappa shape index (κ3) is 2.39. The van der Waals surface area contributed by atoms with Crippen molar-refractivity contribution in [2.24, 2.45) is 11.7 Å². The summed E-state index contributed by atoms with van der Waals surface area (Å²) in [5, 5.41) is 0. The van der Waals surface area contributed by atoms with E-state index < -0.39 is 0 Å². The molecule has 5 heteroatoms. The highest BCUT2D eigenvalue weighted by Crippen LogP contribution is 2.18. The van der Waals surface area contributed by atoms with Gasteiger partial charge in [0.05, 0.1) is 5.56 Å². The summed E-state index contributed by atoms with van der Waals surface area (Å²) in [5.74, 6) is 0.609. The summed E-state index contributed by atoms with van der Waals surface area (Å²) in [6.45, 7) is 4.24. The lowest BCUT2D eigenvalue weighted by atomic mass is 10.1. The van der Waals surface area contributed by atoms with Crippen LogP contribution in [0.2, 0.25) is 0 Å². The first kappa shape index (κ1) is 13.1. The summed E-state index contributed by atoms with van der Waals surface area (Å²) < 4.78 is 0. The summed E-state index contributed by atoms with van der Waals surface area (Å²) in [7, 11) is 0. The van der Waals surface area contributed by atoms with E-state index in [0.29, 0.717) is 12.5 Å². The Balaban J connectivity index is 0.00000128. The molecule has 0 bridgehead atoms. The van der Waals surface area contributed by atoms with Crippen LogP contribution in [-0.4, -0.2) is 35.4 Å². The summed E-state index contributed by atoms with van der Waals surface area (Å²) in [6, 6.07) is 1.84. The Bertz CT molecular complexity index is 364. The van der Waals surface area contributed by atoms with Crippen LogP contribution in [0, 0.1) is 12.8 Å². The number of carbonyl (C=O) groups excluding carboxylic acids is 1. The molecule has 1 aliphatic heterocycles. The van der Waals surface area contributed by atoms with Crippen molar-refractivity contribution in [2.45, 2.75) is 13.3 Å². The van der Waals surface area contributed by atoms with Crippen molar-refractivity contribution in [1.29, 1.82) is 0 Å². The van der Waals surface area contributed by atoms with E-state index in [1.165, 1.54) is 0 Å². The Kier molecular flexibility index (Phi) is 4.38. The van der Waals surface area contributed by atoms with Gasteiger partial charge in [0.25, 0.3) is 5.91 Å². The molecular weight excluding hydrogens is 226 g/mol. The van der Waals surface area contributed by atoms with E-state index in [9.17, 15) is 4.79 Å². The molecule has 2 rings (SSSR count). The Morgan fingerprint density at radius 3 is 2.94 bits per heavy atom. The van der Waals surface area contributed by atoms with Gasteiger partial charge in [-0.3, -0.25) is 4.79 Å². The van der Waals surface area contributed by atoms with Crippen molar-refractivity contribution in [3.63, 3.8) is 0 Å². The molecule has 0 spiro atoms. The maximum Gasteiger partial charge on any atom is 0.255 e. The van der Waals surface area contributed by atoms with Gasteiger partial charge in [0.1, 0.15) is 0 Å². The average Bonchev–Trinajstić information content (AvgIpc) is 2.84. The number of halogens is 1. The molecule has 1 atom stereocenters. The third-order valence-corrected chi connectivity index (χ3v) is 3.09. The van der Waals surface area contributed by atoms with Gasteiger partial charge in [0, 0.05) is 25.0 Å². The average molecular weight is 244 g/mol. The molecule has 2 heterocycles. The standard InChI is InChI=1S/C11H17N3O.ClH/c1-8-10(2-4-13-8)11(15)14-5-3-9(6-12)7-14;/h2,4,9,13H,3,5-7,12H2,1H3;1H. The van der Waals surface area contributed by atoms with Gasteiger partial charge in [-0.25, -0.2) is 0 Å². The minimum atomic E-state index is 0. The van der Waals surface area contributed by atoms with Crippen molar-refractivity contribution < 1.29 is 4.79 Å². The summed E-state index contributed by atoms with van der Waals surface area (Å²) in [5.41, 5.74) is 7.33. The molecule has 1 aromatic rings. The van der Waals surface area contributed by atoms with Crippen LogP contribution in [0.5, 0.6) is 0 Å². The first-order valence-electron chi connectivity index (χ1n) is 5.35. The number of H-pyrrole nitrogens is 1. The fourth-order valence-corrected chi connectivity index (χ4v) is 2.06.